The van der Waals surface area contributed by atoms with Gasteiger partial charge in [-0.1, -0.05) is 6.42 Å². The van der Waals surface area contributed by atoms with Gasteiger partial charge in [-0.25, -0.2) is 0 Å². The molecular weight excluding hydrogens is 290 g/mol. The van der Waals surface area contributed by atoms with E-state index in [4.69, 9.17) is 10.00 Å². The number of aryl methyl sites for hydroxylation is 1. The maximum absolute atomic E-state index is 12.4. The van der Waals surface area contributed by atoms with Crippen LogP contribution in [0, 0.1) is 17.2 Å². The highest BCUT2D eigenvalue weighted by molar-refractivity contribution is 5.87. The molecule has 23 heavy (non-hydrogen) atoms. The molecule has 3 rings (SSSR count). The Bertz CT molecular complexity index is 772. The molecule has 2 atom stereocenters. The second-order valence-electron chi connectivity index (χ2n) is 6.16. The third kappa shape index (κ3) is 2.82. The fourth-order valence-electron chi connectivity index (χ4n) is 3.71. The van der Waals surface area contributed by atoms with Crippen LogP contribution in [0.15, 0.2) is 24.4 Å². The minimum Gasteiger partial charge on any atom is -0.364 e. The minimum absolute atomic E-state index is 0.0264. The zero-order valence-electron chi connectivity index (χ0n) is 13.5. The quantitative estimate of drug-likeness (QED) is 0.883. The Kier molecular flexibility index (Phi) is 4.35. The molecule has 5 heteroatoms. The summed E-state index contributed by atoms with van der Waals surface area (Å²) in [5.74, 6) is 0.230. The van der Waals surface area contributed by atoms with Crippen molar-refractivity contribution in [1.82, 2.24) is 9.88 Å². The van der Waals surface area contributed by atoms with Crippen LogP contribution in [0.4, 0.5) is 0 Å². The summed E-state index contributed by atoms with van der Waals surface area (Å²) in [5.41, 5.74) is 2.93. The standard InChI is InChI=1S/C18H21N3O2/c1-21-10-16(15-8-12(9-19)6-7-17(15)21)13-4-3-5-14(13)18(22)20-11-23-2/h6-8,10,13-14H,3-5,11H2,1-2H3,(H,20,22)/t13-,14-/m1/s1. The van der Waals surface area contributed by atoms with Crippen LogP contribution in [0.1, 0.15) is 36.3 Å². The van der Waals surface area contributed by atoms with Gasteiger partial charge in [0.05, 0.1) is 11.6 Å². The number of amides is 1. The highest BCUT2D eigenvalue weighted by atomic mass is 16.5. The van der Waals surface area contributed by atoms with Gasteiger partial charge in [-0.2, -0.15) is 5.26 Å². The molecule has 0 unspecified atom stereocenters. The topological polar surface area (TPSA) is 67.0 Å². The summed E-state index contributed by atoms with van der Waals surface area (Å²) in [6.07, 6.45) is 5.05. The Morgan fingerprint density at radius 3 is 3.04 bits per heavy atom. The Hall–Kier alpha value is -2.32. The Morgan fingerprint density at radius 2 is 2.30 bits per heavy atom. The SMILES string of the molecule is COCNC(=O)[C@@H]1CCC[C@H]1c1cn(C)c2ccc(C#N)cc12. The average Bonchev–Trinajstić information content (AvgIpc) is 3.17. The predicted molar refractivity (Wildman–Crippen MR) is 87.7 cm³/mol. The van der Waals surface area contributed by atoms with Crippen molar-refractivity contribution in [2.45, 2.75) is 25.2 Å². The number of nitrogens with one attached hydrogen (secondary N) is 1. The number of rotatable bonds is 4. The molecule has 0 spiro atoms. The van der Waals surface area contributed by atoms with E-state index in [0.29, 0.717) is 5.56 Å². The van der Waals surface area contributed by atoms with E-state index in [-0.39, 0.29) is 24.5 Å². The number of ether oxygens (including phenoxy) is 1. The van der Waals surface area contributed by atoms with Crippen LogP contribution in [0.25, 0.3) is 10.9 Å². The minimum atomic E-state index is -0.0264. The van der Waals surface area contributed by atoms with Gasteiger partial charge in [0.2, 0.25) is 5.91 Å². The van der Waals surface area contributed by atoms with Gasteiger partial charge in [0.1, 0.15) is 6.73 Å². The van der Waals surface area contributed by atoms with Crippen LogP contribution in [0.5, 0.6) is 0 Å². The van der Waals surface area contributed by atoms with Gasteiger partial charge in [0.25, 0.3) is 0 Å². The molecule has 2 aromatic rings. The number of fused-ring (bicyclic) bond motifs is 1. The summed E-state index contributed by atoms with van der Waals surface area (Å²) in [4.78, 5) is 12.4. The van der Waals surface area contributed by atoms with Crippen LogP contribution in [-0.4, -0.2) is 24.3 Å². The molecule has 1 aromatic carbocycles. The summed E-state index contributed by atoms with van der Waals surface area (Å²) in [6.45, 7) is 0.246. The second-order valence-corrected chi connectivity index (χ2v) is 6.16. The van der Waals surface area contributed by atoms with Crippen LogP contribution < -0.4 is 5.32 Å². The first-order valence-corrected chi connectivity index (χ1v) is 7.91. The third-order valence-corrected chi connectivity index (χ3v) is 4.79. The van der Waals surface area contributed by atoms with Gasteiger partial charge in [0.15, 0.2) is 0 Å². The summed E-state index contributed by atoms with van der Waals surface area (Å²) in [5, 5.41) is 13.1. The molecular formula is C18H21N3O2. The van der Waals surface area contributed by atoms with Crippen molar-refractivity contribution >= 4 is 16.8 Å². The molecule has 0 bridgehead atoms. The lowest BCUT2D eigenvalue weighted by Gasteiger charge is -2.18. The van der Waals surface area contributed by atoms with E-state index in [0.717, 1.165) is 30.2 Å². The molecule has 1 amide bonds. The van der Waals surface area contributed by atoms with E-state index in [1.165, 1.54) is 5.56 Å². The number of methoxy groups -OCH3 is 1. The molecule has 1 fully saturated rings. The summed E-state index contributed by atoms with van der Waals surface area (Å²) in [7, 11) is 3.58. The van der Waals surface area contributed by atoms with Crippen molar-refractivity contribution < 1.29 is 9.53 Å². The molecule has 1 saturated carbocycles. The van der Waals surface area contributed by atoms with Gasteiger partial charge in [0, 0.05) is 37.2 Å². The molecule has 0 radical (unpaired) electrons. The first-order chi connectivity index (χ1) is 11.2. The number of nitriles is 1. The van der Waals surface area contributed by atoms with E-state index in [1.54, 1.807) is 7.11 Å². The average molecular weight is 311 g/mol. The largest absolute Gasteiger partial charge is 0.364 e. The van der Waals surface area contributed by atoms with E-state index in [2.05, 4.69) is 22.1 Å². The van der Waals surface area contributed by atoms with Crippen molar-refractivity contribution in [3.8, 4) is 6.07 Å². The van der Waals surface area contributed by atoms with Crippen LogP contribution in [-0.2, 0) is 16.6 Å². The van der Waals surface area contributed by atoms with Gasteiger partial charge in [-0.05, 0) is 42.5 Å². The smallest absolute Gasteiger partial charge is 0.225 e. The number of benzene rings is 1. The van der Waals surface area contributed by atoms with Gasteiger partial charge >= 0.3 is 0 Å². The van der Waals surface area contributed by atoms with Crippen molar-refractivity contribution in [2.75, 3.05) is 13.8 Å². The fourth-order valence-corrected chi connectivity index (χ4v) is 3.71. The third-order valence-electron chi connectivity index (χ3n) is 4.79. The maximum atomic E-state index is 12.4. The number of aromatic nitrogens is 1. The molecule has 1 aliphatic rings. The molecule has 0 aliphatic heterocycles. The monoisotopic (exact) mass is 311 g/mol. The fraction of sp³-hybridized carbons (Fsp3) is 0.444. The number of nitrogens with zero attached hydrogens (tertiary/aromatic N) is 2. The van der Waals surface area contributed by atoms with E-state index >= 15 is 0 Å². The summed E-state index contributed by atoms with van der Waals surface area (Å²) in [6, 6.07) is 7.96. The molecule has 1 aromatic heterocycles. The molecule has 1 heterocycles. The van der Waals surface area contributed by atoms with E-state index in [9.17, 15) is 4.79 Å². The van der Waals surface area contributed by atoms with Crippen LogP contribution >= 0.6 is 0 Å². The first kappa shape index (κ1) is 15.6. The van der Waals surface area contributed by atoms with E-state index in [1.807, 2.05) is 25.2 Å². The van der Waals surface area contributed by atoms with Crippen molar-refractivity contribution in [1.29, 1.82) is 5.26 Å². The lowest BCUT2D eigenvalue weighted by atomic mass is 9.88. The van der Waals surface area contributed by atoms with Crippen molar-refractivity contribution in [2.24, 2.45) is 13.0 Å². The summed E-state index contributed by atoms with van der Waals surface area (Å²) < 4.78 is 7.02. The maximum Gasteiger partial charge on any atom is 0.225 e. The molecule has 120 valence electrons. The van der Waals surface area contributed by atoms with Crippen LogP contribution in [0.3, 0.4) is 0 Å². The van der Waals surface area contributed by atoms with Crippen molar-refractivity contribution in [3.05, 3.63) is 35.5 Å². The zero-order valence-corrected chi connectivity index (χ0v) is 13.5. The Balaban J connectivity index is 1.98. The molecule has 0 saturated heterocycles. The van der Waals surface area contributed by atoms with Gasteiger partial charge < -0.3 is 14.6 Å². The Morgan fingerprint density at radius 1 is 1.48 bits per heavy atom. The highest BCUT2D eigenvalue weighted by Crippen LogP contribution is 2.43. The summed E-state index contributed by atoms with van der Waals surface area (Å²) >= 11 is 0. The predicted octanol–water partition coefficient (Wildman–Crippen LogP) is 2.65. The number of hydrogen-bond donors (Lipinski definition) is 1. The van der Waals surface area contributed by atoms with Gasteiger partial charge in [-0.15, -0.1) is 0 Å². The number of carbonyl (C=O) groups is 1. The van der Waals surface area contributed by atoms with Gasteiger partial charge in [-0.3, -0.25) is 4.79 Å². The second kappa shape index (κ2) is 6.43. The molecule has 5 nitrogen and oxygen atoms in total. The first-order valence-electron chi connectivity index (χ1n) is 7.91. The lowest BCUT2D eigenvalue weighted by molar-refractivity contribution is -0.126. The number of carbonyl (C=O) groups excluding carboxylic acids is 1. The van der Waals surface area contributed by atoms with Crippen LogP contribution in [0.2, 0.25) is 0 Å². The normalized spacial score (nSPS) is 20.6. The molecule has 1 N–H and O–H groups in total. The zero-order chi connectivity index (χ0) is 16.4. The molecule has 1 aliphatic carbocycles. The number of hydrogen-bond acceptors (Lipinski definition) is 3. The highest BCUT2D eigenvalue weighted by Gasteiger charge is 2.35. The lowest BCUT2D eigenvalue weighted by Crippen LogP contribution is -2.33. The van der Waals surface area contributed by atoms with E-state index < -0.39 is 0 Å². The Labute approximate surface area is 135 Å². The van der Waals surface area contributed by atoms with Crippen molar-refractivity contribution in [3.63, 3.8) is 0 Å².